The lowest BCUT2D eigenvalue weighted by atomic mass is 10.1. The minimum absolute atomic E-state index is 0.237. The van der Waals surface area contributed by atoms with Gasteiger partial charge in [-0.3, -0.25) is 4.79 Å². The van der Waals surface area contributed by atoms with E-state index in [9.17, 15) is 10.1 Å². The highest BCUT2D eigenvalue weighted by molar-refractivity contribution is 6.12. The molecule has 0 saturated heterocycles. The van der Waals surface area contributed by atoms with Gasteiger partial charge >= 0.3 is 0 Å². The fraction of sp³-hybridized carbons (Fsp3) is 0.0476. The number of nitrogens with two attached hydrogens (primary N) is 1. The molecule has 0 aliphatic heterocycles. The number of nitrogen functional groups attached to an aromatic ring is 1. The largest absolute Gasteiger partial charge is 0.383 e. The molecule has 5 aromatic rings. The van der Waals surface area contributed by atoms with Gasteiger partial charge in [-0.05, 0) is 43.3 Å². The first-order valence-electron chi connectivity index (χ1n) is 8.92. The number of ketones is 1. The average Bonchev–Trinajstić information content (AvgIpc) is 3.41. The quantitative estimate of drug-likeness (QED) is 0.413. The van der Waals surface area contributed by atoms with Crippen LogP contribution in [-0.2, 0) is 0 Å². The van der Waals surface area contributed by atoms with Crippen LogP contribution < -0.4 is 5.73 Å². The van der Waals surface area contributed by atoms with Crippen molar-refractivity contribution >= 4 is 33.5 Å². The van der Waals surface area contributed by atoms with E-state index in [-0.39, 0.29) is 17.2 Å². The van der Waals surface area contributed by atoms with E-state index in [1.54, 1.807) is 18.2 Å². The number of carbonyl (C=O) groups is 1. The van der Waals surface area contributed by atoms with Crippen molar-refractivity contribution in [3.05, 3.63) is 71.3 Å². The molecule has 0 saturated carbocycles. The molecule has 5 rings (SSSR count). The second-order valence-corrected chi connectivity index (χ2v) is 6.77. The number of hydrogen-bond acceptors (Lipinski definition) is 5. The van der Waals surface area contributed by atoms with Crippen molar-refractivity contribution in [2.45, 2.75) is 6.92 Å². The van der Waals surface area contributed by atoms with Crippen molar-refractivity contribution in [1.29, 1.82) is 5.26 Å². The van der Waals surface area contributed by atoms with Gasteiger partial charge in [0, 0.05) is 10.9 Å². The topological polar surface area (TPSA) is 129 Å². The maximum atomic E-state index is 13.0. The molecule has 0 amide bonds. The zero-order valence-corrected chi connectivity index (χ0v) is 15.4. The Labute approximate surface area is 164 Å². The molecule has 140 valence electrons. The molecular formula is C21H15N7O. The molecule has 0 aliphatic carbocycles. The molecule has 0 fully saturated rings. The van der Waals surface area contributed by atoms with Crippen LogP contribution in [0.1, 0.15) is 27.4 Å². The monoisotopic (exact) mass is 381 g/mol. The molecule has 0 bridgehead atoms. The van der Waals surface area contributed by atoms with Gasteiger partial charge in [-0.25, -0.2) is 9.67 Å². The van der Waals surface area contributed by atoms with Crippen LogP contribution in [-0.4, -0.2) is 30.5 Å². The van der Waals surface area contributed by atoms with Crippen LogP contribution in [0, 0.1) is 18.3 Å². The predicted molar refractivity (Wildman–Crippen MR) is 109 cm³/mol. The third kappa shape index (κ3) is 2.56. The van der Waals surface area contributed by atoms with Crippen LogP contribution in [0.15, 0.2) is 48.7 Å². The summed E-state index contributed by atoms with van der Waals surface area (Å²) in [5, 5.41) is 14.3. The highest BCUT2D eigenvalue weighted by atomic mass is 16.1. The number of aromatic amines is 2. The molecule has 3 heterocycles. The van der Waals surface area contributed by atoms with Crippen LogP contribution in [0.2, 0.25) is 0 Å². The SMILES string of the molecule is Cc1nc2cc(-n3ncc(C(=O)c4cc5c(C#N)cccc5[nH]4)c3N)ccc2[nH]1. The fourth-order valence-corrected chi connectivity index (χ4v) is 3.51. The summed E-state index contributed by atoms with van der Waals surface area (Å²) in [5.74, 6) is 0.767. The molecule has 4 N–H and O–H groups in total. The summed E-state index contributed by atoms with van der Waals surface area (Å²) in [6.45, 7) is 1.89. The number of carbonyl (C=O) groups excluding carboxylic acids is 1. The third-order valence-electron chi connectivity index (χ3n) is 4.91. The molecule has 0 unspecified atom stereocenters. The summed E-state index contributed by atoms with van der Waals surface area (Å²) in [6, 6.07) is 14.7. The van der Waals surface area contributed by atoms with Gasteiger partial charge in [-0.15, -0.1) is 0 Å². The summed E-state index contributed by atoms with van der Waals surface area (Å²) in [7, 11) is 0. The lowest BCUT2D eigenvalue weighted by molar-refractivity contribution is 0.103. The number of fused-ring (bicyclic) bond motifs is 2. The molecule has 3 aromatic heterocycles. The minimum Gasteiger partial charge on any atom is -0.383 e. The normalized spacial score (nSPS) is 11.2. The standard InChI is InChI=1S/C21H15N7O/c1-11-25-17-6-5-13(7-18(17)26-11)28-21(23)15(10-24-28)20(29)19-8-14-12(9-22)3-2-4-16(14)27-19/h2-8,10,27H,23H2,1H3,(H,25,26). The fourth-order valence-electron chi connectivity index (χ4n) is 3.51. The Morgan fingerprint density at radius 3 is 2.86 bits per heavy atom. The number of rotatable bonds is 3. The van der Waals surface area contributed by atoms with Gasteiger partial charge in [0.1, 0.15) is 11.6 Å². The van der Waals surface area contributed by atoms with E-state index in [2.05, 4.69) is 26.1 Å². The van der Waals surface area contributed by atoms with Crippen LogP contribution in [0.3, 0.4) is 0 Å². The number of nitrogens with zero attached hydrogens (tertiary/aromatic N) is 4. The number of anilines is 1. The Balaban J connectivity index is 1.56. The van der Waals surface area contributed by atoms with Crippen LogP contribution in [0.4, 0.5) is 5.82 Å². The Hall–Kier alpha value is -4.38. The second-order valence-electron chi connectivity index (χ2n) is 6.77. The van der Waals surface area contributed by atoms with Gasteiger partial charge in [0.15, 0.2) is 0 Å². The van der Waals surface area contributed by atoms with Gasteiger partial charge in [0.25, 0.3) is 0 Å². The zero-order chi connectivity index (χ0) is 20.1. The van der Waals surface area contributed by atoms with Gasteiger partial charge < -0.3 is 15.7 Å². The maximum absolute atomic E-state index is 13.0. The van der Waals surface area contributed by atoms with Crippen molar-refractivity contribution in [2.75, 3.05) is 5.73 Å². The van der Waals surface area contributed by atoms with Gasteiger partial charge in [0.2, 0.25) is 5.78 Å². The van der Waals surface area contributed by atoms with E-state index in [0.717, 1.165) is 22.4 Å². The van der Waals surface area contributed by atoms with Crippen molar-refractivity contribution in [1.82, 2.24) is 24.7 Å². The molecule has 0 radical (unpaired) electrons. The van der Waals surface area contributed by atoms with Crippen LogP contribution in [0.25, 0.3) is 27.6 Å². The first kappa shape index (κ1) is 16.8. The van der Waals surface area contributed by atoms with Crippen LogP contribution in [0.5, 0.6) is 0 Å². The summed E-state index contributed by atoms with van der Waals surface area (Å²) in [4.78, 5) is 23.7. The lowest BCUT2D eigenvalue weighted by Crippen LogP contribution is -2.07. The number of nitrogens with one attached hydrogen (secondary N) is 2. The number of aromatic nitrogens is 5. The second kappa shape index (κ2) is 6.07. The molecule has 8 heteroatoms. The number of nitriles is 1. The van der Waals surface area contributed by atoms with Crippen molar-refractivity contribution in [3.8, 4) is 11.8 Å². The zero-order valence-electron chi connectivity index (χ0n) is 15.4. The van der Waals surface area contributed by atoms with E-state index >= 15 is 0 Å². The van der Waals surface area contributed by atoms with Crippen molar-refractivity contribution in [3.63, 3.8) is 0 Å². The minimum atomic E-state index is -0.287. The molecule has 8 nitrogen and oxygen atoms in total. The maximum Gasteiger partial charge on any atom is 0.214 e. The Morgan fingerprint density at radius 1 is 1.17 bits per heavy atom. The average molecular weight is 381 g/mol. The smallest absolute Gasteiger partial charge is 0.214 e. The van der Waals surface area contributed by atoms with Crippen molar-refractivity contribution < 1.29 is 4.79 Å². The number of aryl methyl sites for hydroxylation is 1. The highest BCUT2D eigenvalue weighted by Gasteiger charge is 2.20. The van der Waals surface area contributed by atoms with Gasteiger partial charge in [-0.1, -0.05) is 6.07 Å². The predicted octanol–water partition coefficient (Wildman–Crippen LogP) is 3.22. The third-order valence-corrected chi connectivity index (χ3v) is 4.91. The molecule has 0 atom stereocenters. The molecule has 0 aliphatic rings. The lowest BCUT2D eigenvalue weighted by Gasteiger charge is -2.05. The number of benzene rings is 2. The van der Waals surface area contributed by atoms with E-state index in [1.807, 2.05) is 31.2 Å². The Morgan fingerprint density at radius 2 is 2.03 bits per heavy atom. The summed E-state index contributed by atoms with van der Waals surface area (Å²) in [6.07, 6.45) is 1.45. The molecule has 0 spiro atoms. The Kier molecular flexibility index (Phi) is 3.51. The van der Waals surface area contributed by atoms with Crippen LogP contribution >= 0.6 is 0 Å². The van der Waals surface area contributed by atoms with E-state index in [0.29, 0.717) is 22.3 Å². The Bertz CT molecular complexity index is 1460. The van der Waals surface area contributed by atoms with Gasteiger partial charge in [-0.2, -0.15) is 10.4 Å². The summed E-state index contributed by atoms with van der Waals surface area (Å²) < 4.78 is 1.51. The number of imidazole rings is 1. The molecule has 2 aromatic carbocycles. The highest BCUT2D eigenvalue weighted by Crippen LogP contribution is 2.25. The number of hydrogen-bond donors (Lipinski definition) is 3. The van der Waals surface area contributed by atoms with E-state index in [1.165, 1.54) is 10.9 Å². The first-order chi connectivity index (χ1) is 14.0. The molecule has 29 heavy (non-hydrogen) atoms. The number of H-pyrrole nitrogens is 2. The van der Waals surface area contributed by atoms with E-state index < -0.39 is 0 Å². The summed E-state index contributed by atoms with van der Waals surface area (Å²) >= 11 is 0. The van der Waals surface area contributed by atoms with Crippen molar-refractivity contribution in [2.24, 2.45) is 0 Å². The molecular weight excluding hydrogens is 366 g/mol. The van der Waals surface area contributed by atoms with E-state index in [4.69, 9.17) is 5.73 Å². The first-order valence-corrected chi connectivity index (χ1v) is 8.92. The summed E-state index contributed by atoms with van der Waals surface area (Å²) in [5.41, 5.74) is 10.5. The van der Waals surface area contributed by atoms with Gasteiger partial charge in [0.05, 0.1) is 45.8 Å².